The molecule has 0 radical (unpaired) electrons. The first-order chi connectivity index (χ1) is 9.38. The molecule has 0 aromatic heterocycles. The fraction of sp³-hybridized carbons (Fsp3) is 0.500. The Balaban J connectivity index is 1.85. The number of nitrogens with two attached hydrogens (primary N) is 1. The molecule has 4 N–H and O–H groups in total. The van der Waals surface area contributed by atoms with Crippen LogP contribution < -0.4 is 5.73 Å². The molecule has 0 saturated carbocycles. The maximum Gasteiger partial charge on any atom is 0.215 e. The topological polar surface area (TPSA) is 104 Å². The molecule has 0 spiro atoms. The lowest BCUT2D eigenvalue weighted by atomic mass is 10.3. The zero-order valence-electron chi connectivity index (χ0n) is 10.8. The van der Waals surface area contributed by atoms with E-state index in [-0.39, 0.29) is 18.8 Å². The fourth-order valence-electron chi connectivity index (χ4n) is 1.92. The van der Waals surface area contributed by atoms with Crippen molar-refractivity contribution in [3.63, 3.8) is 0 Å². The van der Waals surface area contributed by atoms with Crippen LogP contribution in [0.15, 0.2) is 29.2 Å². The van der Waals surface area contributed by atoms with E-state index >= 15 is 0 Å². The Morgan fingerprint density at radius 1 is 1.20 bits per heavy atom. The number of hydrogen-bond acceptors (Lipinski definition) is 6. The van der Waals surface area contributed by atoms with Gasteiger partial charge in [0, 0.05) is 29.4 Å². The normalized spacial score (nSPS) is 24.1. The lowest BCUT2D eigenvalue weighted by Crippen LogP contribution is -2.32. The highest BCUT2D eigenvalue weighted by molar-refractivity contribution is 8.00. The van der Waals surface area contributed by atoms with Crippen molar-refractivity contribution < 1.29 is 18.6 Å². The standard InChI is InChI=1S/C12H18N2O4S2/c13-9-1-3-10(4-2-9)19-5-6-20(17,18)14-7-11(15)12(16)8-14/h1-4,11-12,15-16H,5-8,13H2. The number of anilines is 1. The van der Waals surface area contributed by atoms with Gasteiger partial charge in [0.1, 0.15) is 0 Å². The van der Waals surface area contributed by atoms with E-state index < -0.39 is 22.2 Å². The Kier molecular flexibility index (Phi) is 4.92. The maximum absolute atomic E-state index is 12.0. The molecule has 0 amide bonds. The number of β-amino-alcohol motifs (C(OH)–C–C–N with tert-alkyl or cyclic N) is 2. The van der Waals surface area contributed by atoms with Crippen LogP contribution in [-0.2, 0) is 10.0 Å². The molecular weight excluding hydrogens is 300 g/mol. The fourth-order valence-corrected chi connectivity index (χ4v) is 4.68. The molecule has 0 bridgehead atoms. The Hall–Kier alpha value is -0.800. The number of rotatable bonds is 5. The first-order valence-electron chi connectivity index (χ1n) is 6.21. The van der Waals surface area contributed by atoms with Gasteiger partial charge in [-0.25, -0.2) is 8.42 Å². The number of thioether (sulfide) groups is 1. The summed E-state index contributed by atoms with van der Waals surface area (Å²) >= 11 is 1.43. The second-order valence-electron chi connectivity index (χ2n) is 4.69. The number of aliphatic hydroxyl groups is 2. The minimum Gasteiger partial charge on any atom is -0.399 e. The van der Waals surface area contributed by atoms with Crippen LogP contribution in [0.3, 0.4) is 0 Å². The summed E-state index contributed by atoms with van der Waals surface area (Å²) in [6.07, 6.45) is -1.98. The van der Waals surface area contributed by atoms with Crippen LogP contribution in [0.4, 0.5) is 5.69 Å². The first-order valence-corrected chi connectivity index (χ1v) is 8.80. The zero-order valence-corrected chi connectivity index (χ0v) is 12.5. The Bertz CT molecular complexity index is 537. The number of hydrogen-bond donors (Lipinski definition) is 3. The second-order valence-corrected chi connectivity index (χ2v) is 7.94. The van der Waals surface area contributed by atoms with Crippen LogP contribution in [0, 0.1) is 0 Å². The second kappa shape index (κ2) is 6.31. The number of nitrogen functional groups attached to an aromatic ring is 1. The van der Waals surface area contributed by atoms with E-state index in [2.05, 4.69) is 0 Å². The van der Waals surface area contributed by atoms with Crippen molar-refractivity contribution in [1.29, 1.82) is 0 Å². The van der Waals surface area contributed by atoms with Gasteiger partial charge in [0.15, 0.2) is 0 Å². The third-order valence-electron chi connectivity index (χ3n) is 3.11. The smallest absolute Gasteiger partial charge is 0.215 e. The van der Waals surface area contributed by atoms with Gasteiger partial charge in [-0.1, -0.05) is 0 Å². The number of aliphatic hydroxyl groups excluding tert-OH is 2. The number of sulfonamides is 1. The third kappa shape index (κ3) is 3.86. The van der Waals surface area contributed by atoms with Gasteiger partial charge in [0.05, 0.1) is 18.0 Å². The summed E-state index contributed by atoms with van der Waals surface area (Å²) in [7, 11) is -3.44. The van der Waals surface area contributed by atoms with Gasteiger partial charge < -0.3 is 15.9 Å². The molecule has 1 saturated heterocycles. The molecule has 1 fully saturated rings. The molecular formula is C12H18N2O4S2. The van der Waals surface area contributed by atoms with Gasteiger partial charge in [-0.05, 0) is 24.3 Å². The summed E-state index contributed by atoms with van der Waals surface area (Å²) < 4.78 is 25.2. The van der Waals surface area contributed by atoms with Crippen molar-refractivity contribution in [1.82, 2.24) is 4.31 Å². The van der Waals surface area contributed by atoms with E-state index in [1.54, 1.807) is 12.1 Å². The Morgan fingerprint density at radius 2 is 1.75 bits per heavy atom. The van der Waals surface area contributed by atoms with Crippen LogP contribution in [-0.4, -0.2) is 59.7 Å². The van der Waals surface area contributed by atoms with Crippen molar-refractivity contribution >= 4 is 27.5 Å². The Labute approximate surface area is 122 Å². The highest BCUT2D eigenvalue weighted by Gasteiger charge is 2.36. The molecule has 1 aliphatic rings. The minimum absolute atomic E-state index is 0.0263. The van der Waals surface area contributed by atoms with Gasteiger partial charge in [-0.15, -0.1) is 11.8 Å². The minimum atomic E-state index is -3.44. The summed E-state index contributed by atoms with van der Waals surface area (Å²) in [5, 5.41) is 18.8. The number of nitrogens with zero attached hydrogens (tertiary/aromatic N) is 1. The highest BCUT2D eigenvalue weighted by Crippen LogP contribution is 2.21. The van der Waals surface area contributed by atoms with Gasteiger partial charge in [0.2, 0.25) is 10.0 Å². The van der Waals surface area contributed by atoms with Crippen LogP contribution in [0.2, 0.25) is 0 Å². The highest BCUT2D eigenvalue weighted by atomic mass is 32.2. The summed E-state index contributed by atoms with van der Waals surface area (Å²) in [5.74, 6) is 0.385. The lowest BCUT2D eigenvalue weighted by molar-refractivity contribution is 0.0572. The van der Waals surface area contributed by atoms with E-state index in [0.717, 1.165) is 9.20 Å². The quantitative estimate of drug-likeness (QED) is 0.510. The summed E-state index contributed by atoms with van der Waals surface area (Å²) in [6.45, 7) is -0.0634. The predicted octanol–water partition coefficient (Wildman–Crippen LogP) is -0.272. The Morgan fingerprint density at radius 3 is 2.30 bits per heavy atom. The molecule has 1 aliphatic heterocycles. The molecule has 2 atom stereocenters. The summed E-state index contributed by atoms with van der Waals surface area (Å²) in [4.78, 5) is 0.955. The number of benzene rings is 1. The lowest BCUT2D eigenvalue weighted by Gasteiger charge is -2.15. The average molecular weight is 318 g/mol. The van der Waals surface area contributed by atoms with Crippen molar-refractivity contribution in [2.75, 3.05) is 30.3 Å². The zero-order chi connectivity index (χ0) is 14.8. The molecule has 1 aromatic carbocycles. The predicted molar refractivity (Wildman–Crippen MR) is 79.0 cm³/mol. The largest absolute Gasteiger partial charge is 0.399 e. The van der Waals surface area contributed by atoms with Crippen LogP contribution in [0.5, 0.6) is 0 Å². The SMILES string of the molecule is Nc1ccc(SCCS(=O)(=O)N2CC(O)C(O)C2)cc1. The van der Waals surface area contributed by atoms with E-state index in [1.807, 2.05) is 12.1 Å². The van der Waals surface area contributed by atoms with Crippen LogP contribution in [0.1, 0.15) is 0 Å². The average Bonchev–Trinajstić information content (AvgIpc) is 2.73. The molecule has 1 heterocycles. The van der Waals surface area contributed by atoms with E-state index in [4.69, 9.17) is 5.73 Å². The first kappa shape index (κ1) is 15.6. The third-order valence-corrected chi connectivity index (χ3v) is 6.19. The van der Waals surface area contributed by atoms with Gasteiger partial charge in [-0.2, -0.15) is 4.31 Å². The molecule has 0 aliphatic carbocycles. The van der Waals surface area contributed by atoms with E-state index in [0.29, 0.717) is 11.4 Å². The molecule has 2 unspecified atom stereocenters. The molecule has 8 heteroatoms. The molecule has 20 heavy (non-hydrogen) atoms. The van der Waals surface area contributed by atoms with Crippen molar-refractivity contribution in [2.24, 2.45) is 0 Å². The van der Waals surface area contributed by atoms with Crippen molar-refractivity contribution in [2.45, 2.75) is 17.1 Å². The molecule has 2 rings (SSSR count). The van der Waals surface area contributed by atoms with E-state index in [1.165, 1.54) is 11.8 Å². The van der Waals surface area contributed by atoms with Crippen molar-refractivity contribution in [3.05, 3.63) is 24.3 Å². The molecule has 112 valence electrons. The summed E-state index contributed by atoms with van der Waals surface area (Å²) in [6, 6.07) is 7.22. The van der Waals surface area contributed by atoms with Gasteiger partial charge in [0.25, 0.3) is 0 Å². The van der Waals surface area contributed by atoms with Crippen LogP contribution in [0.25, 0.3) is 0 Å². The van der Waals surface area contributed by atoms with E-state index in [9.17, 15) is 18.6 Å². The monoisotopic (exact) mass is 318 g/mol. The van der Waals surface area contributed by atoms with Gasteiger partial charge in [-0.3, -0.25) is 0 Å². The molecule has 1 aromatic rings. The maximum atomic E-state index is 12.0. The van der Waals surface area contributed by atoms with Crippen LogP contribution >= 0.6 is 11.8 Å². The van der Waals surface area contributed by atoms with Gasteiger partial charge >= 0.3 is 0 Å². The van der Waals surface area contributed by atoms with Crippen molar-refractivity contribution in [3.8, 4) is 0 Å². The summed E-state index contributed by atoms with van der Waals surface area (Å²) in [5.41, 5.74) is 6.24. The molecule has 6 nitrogen and oxygen atoms in total.